The predicted octanol–water partition coefficient (Wildman–Crippen LogP) is 2.03. The molecule has 3 heterocycles. The number of carbonyl (C=O) groups is 1. The number of hydrogen-bond donors (Lipinski definition) is 2. The number of halogens is 1. The molecule has 0 radical (unpaired) electrons. The first kappa shape index (κ1) is 12.4. The molecule has 0 aliphatic carbocycles. The third-order valence-electron chi connectivity index (χ3n) is 4.21. The minimum atomic E-state index is -1.23. The van der Waals surface area contributed by atoms with Crippen LogP contribution >= 0.6 is 0 Å². The van der Waals surface area contributed by atoms with Gasteiger partial charge in [-0.25, -0.2) is 9.18 Å². The van der Waals surface area contributed by atoms with Crippen LogP contribution in [-0.2, 0) is 0 Å². The average molecular weight is 264 g/mol. The zero-order valence-corrected chi connectivity index (χ0v) is 10.6. The monoisotopic (exact) mass is 264 g/mol. The number of carboxylic acid groups (broad SMARTS) is 1. The van der Waals surface area contributed by atoms with Crippen LogP contribution in [-0.4, -0.2) is 41.7 Å². The number of nitrogens with zero attached hydrogens (tertiary/aromatic N) is 1. The Kier molecular flexibility index (Phi) is 3.14. The van der Waals surface area contributed by atoms with Crippen LogP contribution in [0.1, 0.15) is 23.2 Å². The summed E-state index contributed by atoms with van der Waals surface area (Å²) in [7, 11) is 0. The van der Waals surface area contributed by atoms with Crippen molar-refractivity contribution in [1.29, 1.82) is 0 Å². The number of aromatic carboxylic acids is 1. The van der Waals surface area contributed by atoms with Gasteiger partial charge in [0.1, 0.15) is 5.82 Å². The van der Waals surface area contributed by atoms with E-state index < -0.39 is 11.8 Å². The first-order valence-corrected chi connectivity index (χ1v) is 6.65. The highest BCUT2D eigenvalue weighted by Gasteiger charge is 2.33. The molecule has 4 nitrogen and oxygen atoms in total. The molecule has 0 spiro atoms. The fourth-order valence-corrected chi connectivity index (χ4v) is 3.12. The highest BCUT2D eigenvalue weighted by molar-refractivity contribution is 5.88. The van der Waals surface area contributed by atoms with Gasteiger partial charge in [0.2, 0.25) is 0 Å². The summed E-state index contributed by atoms with van der Waals surface area (Å²) in [6, 6.07) is 4.59. The quantitative estimate of drug-likeness (QED) is 0.877. The van der Waals surface area contributed by atoms with Crippen molar-refractivity contribution >= 4 is 11.7 Å². The van der Waals surface area contributed by atoms with Gasteiger partial charge in [0, 0.05) is 18.3 Å². The maximum absolute atomic E-state index is 13.6. The van der Waals surface area contributed by atoms with E-state index in [4.69, 9.17) is 5.11 Å². The van der Waals surface area contributed by atoms with E-state index in [1.165, 1.54) is 25.0 Å². The maximum Gasteiger partial charge on any atom is 0.338 e. The highest BCUT2D eigenvalue weighted by Crippen LogP contribution is 2.30. The molecule has 2 bridgehead atoms. The van der Waals surface area contributed by atoms with Gasteiger partial charge in [-0.05, 0) is 50.0 Å². The molecule has 5 heteroatoms. The summed E-state index contributed by atoms with van der Waals surface area (Å²) < 4.78 is 13.6. The molecule has 1 aromatic carbocycles. The number of nitrogens with one attached hydrogen (secondary N) is 1. The smallest absolute Gasteiger partial charge is 0.338 e. The molecular weight excluding hydrogens is 247 g/mol. The third-order valence-corrected chi connectivity index (χ3v) is 4.21. The molecule has 3 aliphatic rings. The van der Waals surface area contributed by atoms with Crippen molar-refractivity contribution < 1.29 is 14.3 Å². The Bertz CT molecular complexity index is 498. The zero-order valence-electron chi connectivity index (χ0n) is 10.6. The molecule has 102 valence electrons. The number of rotatable bonds is 3. The summed E-state index contributed by atoms with van der Waals surface area (Å²) in [5.74, 6) is -1.27. The Morgan fingerprint density at radius 2 is 2.11 bits per heavy atom. The molecule has 1 unspecified atom stereocenters. The minimum Gasteiger partial charge on any atom is -0.478 e. The van der Waals surface area contributed by atoms with Gasteiger partial charge in [-0.1, -0.05) is 0 Å². The van der Waals surface area contributed by atoms with Crippen LogP contribution in [0.2, 0.25) is 0 Å². The maximum atomic E-state index is 13.6. The molecule has 0 aromatic heterocycles. The topological polar surface area (TPSA) is 52.6 Å². The second kappa shape index (κ2) is 4.81. The van der Waals surface area contributed by atoms with Crippen molar-refractivity contribution in [1.82, 2.24) is 4.90 Å². The molecule has 1 atom stereocenters. The van der Waals surface area contributed by atoms with Crippen LogP contribution in [0.3, 0.4) is 0 Å². The Balaban J connectivity index is 1.73. The molecule has 2 N–H and O–H groups in total. The molecule has 4 rings (SSSR count). The van der Waals surface area contributed by atoms with Crippen molar-refractivity contribution in [2.24, 2.45) is 5.92 Å². The zero-order chi connectivity index (χ0) is 13.4. The van der Waals surface area contributed by atoms with Gasteiger partial charge in [-0.3, -0.25) is 0 Å². The highest BCUT2D eigenvalue weighted by atomic mass is 19.1. The molecule has 3 aliphatic heterocycles. The third kappa shape index (κ3) is 2.42. The number of piperidine rings is 3. The van der Waals surface area contributed by atoms with Gasteiger partial charge in [0.25, 0.3) is 0 Å². The second-order valence-electron chi connectivity index (χ2n) is 5.39. The van der Waals surface area contributed by atoms with Crippen molar-refractivity contribution in [2.75, 3.05) is 25.0 Å². The van der Waals surface area contributed by atoms with E-state index in [-0.39, 0.29) is 5.56 Å². The Morgan fingerprint density at radius 1 is 1.37 bits per heavy atom. The lowest BCUT2D eigenvalue weighted by Crippen LogP contribution is -2.53. The molecule has 0 saturated carbocycles. The second-order valence-corrected chi connectivity index (χ2v) is 5.39. The molecule has 3 fully saturated rings. The summed E-state index contributed by atoms with van der Waals surface area (Å²) in [5.41, 5.74) is 0.390. The van der Waals surface area contributed by atoms with E-state index in [0.717, 1.165) is 19.6 Å². The van der Waals surface area contributed by atoms with Crippen LogP contribution in [0.4, 0.5) is 10.1 Å². The van der Waals surface area contributed by atoms with Gasteiger partial charge in [0.05, 0.1) is 5.56 Å². The number of carboxylic acids is 1. The van der Waals surface area contributed by atoms with Gasteiger partial charge in [-0.15, -0.1) is 0 Å². The van der Waals surface area contributed by atoms with Crippen LogP contribution in [0.15, 0.2) is 18.2 Å². The molecule has 3 saturated heterocycles. The summed E-state index contributed by atoms with van der Waals surface area (Å²) >= 11 is 0. The fourth-order valence-electron chi connectivity index (χ4n) is 3.12. The summed E-state index contributed by atoms with van der Waals surface area (Å²) in [6.45, 7) is 3.32. The standard InChI is InChI=1S/C14H17FN2O2/c15-12-7-10(1-2-11(12)14(18)19)16-13-8-17-5-3-9(13)4-6-17/h1-2,7,9,13,16H,3-6,8H2,(H,18,19). The van der Waals surface area contributed by atoms with Crippen molar-refractivity contribution in [3.8, 4) is 0 Å². The summed E-state index contributed by atoms with van der Waals surface area (Å²) in [4.78, 5) is 13.2. The van der Waals surface area contributed by atoms with E-state index in [9.17, 15) is 9.18 Å². The lowest BCUT2D eigenvalue weighted by Gasteiger charge is -2.45. The van der Waals surface area contributed by atoms with E-state index in [1.807, 2.05) is 0 Å². The summed E-state index contributed by atoms with van der Waals surface area (Å²) in [5, 5.41) is 12.1. The Morgan fingerprint density at radius 3 is 2.63 bits per heavy atom. The number of benzene rings is 1. The van der Waals surface area contributed by atoms with E-state index in [2.05, 4.69) is 10.2 Å². The molecular formula is C14H17FN2O2. The van der Waals surface area contributed by atoms with Crippen molar-refractivity contribution in [3.63, 3.8) is 0 Å². The van der Waals surface area contributed by atoms with Crippen molar-refractivity contribution in [2.45, 2.75) is 18.9 Å². The number of fused-ring (bicyclic) bond motifs is 3. The normalized spacial score (nSPS) is 29.2. The summed E-state index contributed by atoms with van der Waals surface area (Å²) in [6.07, 6.45) is 2.38. The fraction of sp³-hybridized carbons (Fsp3) is 0.500. The van der Waals surface area contributed by atoms with Gasteiger partial charge in [-0.2, -0.15) is 0 Å². The minimum absolute atomic E-state index is 0.278. The van der Waals surface area contributed by atoms with E-state index in [0.29, 0.717) is 17.6 Å². The SMILES string of the molecule is O=C(O)c1ccc(NC2CN3CCC2CC3)cc1F. The average Bonchev–Trinajstić information content (AvgIpc) is 2.39. The molecule has 19 heavy (non-hydrogen) atoms. The molecule has 1 aromatic rings. The van der Waals surface area contributed by atoms with Crippen LogP contribution in [0.5, 0.6) is 0 Å². The lowest BCUT2D eigenvalue weighted by molar-refractivity contribution is 0.0692. The number of anilines is 1. The van der Waals surface area contributed by atoms with Crippen LogP contribution in [0, 0.1) is 11.7 Å². The number of hydrogen-bond acceptors (Lipinski definition) is 3. The van der Waals surface area contributed by atoms with Crippen LogP contribution < -0.4 is 5.32 Å². The van der Waals surface area contributed by atoms with E-state index >= 15 is 0 Å². The van der Waals surface area contributed by atoms with Crippen molar-refractivity contribution in [3.05, 3.63) is 29.6 Å². The molecule has 0 amide bonds. The predicted molar refractivity (Wildman–Crippen MR) is 69.9 cm³/mol. The van der Waals surface area contributed by atoms with Crippen LogP contribution in [0.25, 0.3) is 0 Å². The van der Waals surface area contributed by atoms with Gasteiger partial charge in [0.15, 0.2) is 0 Å². The largest absolute Gasteiger partial charge is 0.478 e. The lowest BCUT2D eigenvalue weighted by atomic mass is 9.84. The van der Waals surface area contributed by atoms with E-state index in [1.54, 1.807) is 6.07 Å². The first-order chi connectivity index (χ1) is 9.13. The Hall–Kier alpha value is -1.62. The first-order valence-electron chi connectivity index (χ1n) is 6.65. The van der Waals surface area contributed by atoms with Gasteiger partial charge < -0.3 is 15.3 Å². The Labute approximate surface area is 111 Å². The van der Waals surface area contributed by atoms with Gasteiger partial charge >= 0.3 is 5.97 Å².